The van der Waals surface area contributed by atoms with E-state index in [1.165, 1.54) is 12.8 Å². The molecule has 32 heavy (non-hydrogen) atoms. The fourth-order valence-electron chi connectivity index (χ4n) is 4.28. The highest BCUT2D eigenvalue weighted by molar-refractivity contribution is 6.30. The summed E-state index contributed by atoms with van der Waals surface area (Å²) in [5.41, 5.74) is 2.34. The number of anilines is 1. The number of pyridine rings is 1. The number of rotatable bonds is 7. The molecule has 2 aromatic rings. The minimum absolute atomic E-state index is 0.199. The molecule has 1 aromatic heterocycles. The average molecular weight is 456 g/mol. The van der Waals surface area contributed by atoms with Crippen LogP contribution in [0, 0.1) is 12.8 Å². The Kier molecular flexibility index (Phi) is 7.76. The van der Waals surface area contributed by atoms with Crippen LogP contribution in [0.2, 0.25) is 5.02 Å². The van der Waals surface area contributed by atoms with Gasteiger partial charge in [-0.25, -0.2) is 9.98 Å². The summed E-state index contributed by atoms with van der Waals surface area (Å²) in [6, 6.07) is 9.50. The highest BCUT2D eigenvalue weighted by Crippen LogP contribution is 2.26. The number of hydrogen-bond donors (Lipinski definition) is 0. The van der Waals surface area contributed by atoms with Crippen molar-refractivity contribution in [1.29, 1.82) is 0 Å². The molecule has 1 amide bonds. The molecule has 0 unspecified atom stereocenters. The molecule has 2 saturated heterocycles. The Morgan fingerprint density at radius 1 is 1.28 bits per heavy atom. The van der Waals surface area contributed by atoms with Crippen molar-refractivity contribution in [2.75, 3.05) is 37.8 Å². The van der Waals surface area contributed by atoms with Crippen molar-refractivity contribution in [1.82, 2.24) is 4.98 Å². The maximum Gasteiger partial charge on any atom is 0.277 e. The van der Waals surface area contributed by atoms with Crippen LogP contribution in [0.25, 0.3) is 0 Å². The van der Waals surface area contributed by atoms with E-state index in [2.05, 4.69) is 14.9 Å². The molecule has 4 rings (SSSR count). The van der Waals surface area contributed by atoms with E-state index in [1.807, 2.05) is 37.3 Å². The Hall–Kier alpha value is -2.44. The maximum absolute atomic E-state index is 12.4. The number of nitrogens with zero attached hydrogens (tertiary/aromatic N) is 3. The fourth-order valence-corrected chi connectivity index (χ4v) is 4.39. The highest BCUT2D eigenvalue weighted by atomic mass is 35.5. The molecule has 2 fully saturated rings. The first-order chi connectivity index (χ1) is 15.6. The molecule has 0 aliphatic carbocycles. The minimum Gasteiger partial charge on any atom is -0.494 e. The molecule has 2 aliphatic rings. The molecule has 1 aromatic carbocycles. The quantitative estimate of drug-likeness (QED) is 0.542. The predicted octanol–water partition coefficient (Wildman–Crippen LogP) is 5.12. The van der Waals surface area contributed by atoms with Gasteiger partial charge in [-0.05, 0) is 74.4 Å². The summed E-state index contributed by atoms with van der Waals surface area (Å²) >= 11 is 5.93. The van der Waals surface area contributed by atoms with Crippen molar-refractivity contribution < 1.29 is 14.3 Å². The van der Waals surface area contributed by atoms with Gasteiger partial charge in [-0.3, -0.25) is 4.79 Å². The van der Waals surface area contributed by atoms with Gasteiger partial charge in [0.05, 0.1) is 30.6 Å². The molecular weight excluding hydrogens is 426 g/mol. The van der Waals surface area contributed by atoms with Gasteiger partial charge in [-0.15, -0.1) is 0 Å². The van der Waals surface area contributed by atoms with E-state index in [1.54, 1.807) is 6.20 Å². The summed E-state index contributed by atoms with van der Waals surface area (Å²) in [4.78, 5) is 23.3. The number of amides is 1. The number of aryl methyl sites for hydroxylation is 1. The van der Waals surface area contributed by atoms with E-state index < -0.39 is 0 Å². The molecule has 0 spiro atoms. The zero-order chi connectivity index (χ0) is 22.3. The normalized spacial score (nSPS) is 18.3. The molecule has 3 heterocycles. The standard InChI is InChI=1S/C25H30ClN3O3/c1-18-15-22(5-6-23(18)25(30)28-21-10-14-31-17-21)32-13-2-3-19-8-11-29(12-9-19)24-7-4-20(26)16-27-24/h4-7,15-16,19H,2-3,8-14,17H2,1H3. The van der Waals surface area contributed by atoms with E-state index in [0.29, 0.717) is 30.4 Å². The summed E-state index contributed by atoms with van der Waals surface area (Å²) in [5, 5.41) is 0.674. The van der Waals surface area contributed by atoms with Gasteiger partial charge in [0.1, 0.15) is 11.6 Å². The average Bonchev–Trinajstić information content (AvgIpc) is 3.31. The first-order valence-corrected chi connectivity index (χ1v) is 11.7. The summed E-state index contributed by atoms with van der Waals surface area (Å²) in [6.07, 6.45) is 6.99. The maximum atomic E-state index is 12.4. The second kappa shape index (κ2) is 10.9. The third kappa shape index (κ3) is 6.08. The van der Waals surface area contributed by atoms with Gasteiger partial charge < -0.3 is 14.4 Å². The van der Waals surface area contributed by atoms with Crippen LogP contribution < -0.4 is 9.64 Å². The van der Waals surface area contributed by atoms with E-state index in [9.17, 15) is 4.79 Å². The Morgan fingerprint density at radius 2 is 2.12 bits per heavy atom. The van der Waals surface area contributed by atoms with Crippen LogP contribution in [0.3, 0.4) is 0 Å². The Balaban J connectivity index is 1.18. The van der Waals surface area contributed by atoms with E-state index >= 15 is 0 Å². The minimum atomic E-state index is -0.199. The van der Waals surface area contributed by atoms with Crippen molar-refractivity contribution in [2.24, 2.45) is 10.9 Å². The molecule has 0 atom stereocenters. The van der Waals surface area contributed by atoms with Crippen LogP contribution in [-0.4, -0.2) is 49.5 Å². The first kappa shape index (κ1) is 22.7. The summed E-state index contributed by atoms with van der Waals surface area (Å²) in [5.74, 6) is 2.34. The van der Waals surface area contributed by atoms with Crippen LogP contribution in [0.15, 0.2) is 41.5 Å². The Bertz CT molecular complexity index is 945. The van der Waals surface area contributed by atoms with Crippen molar-refractivity contribution in [2.45, 2.75) is 39.0 Å². The molecule has 6 nitrogen and oxygen atoms in total. The number of piperidine rings is 1. The highest BCUT2D eigenvalue weighted by Gasteiger charge is 2.20. The number of carbonyl (C=O) groups excluding carboxylic acids is 1. The molecule has 0 radical (unpaired) electrons. The van der Waals surface area contributed by atoms with Crippen molar-refractivity contribution >= 4 is 29.0 Å². The van der Waals surface area contributed by atoms with Crippen LogP contribution in [0.1, 0.15) is 48.0 Å². The summed E-state index contributed by atoms with van der Waals surface area (Å²) in [7, 11) is 0. The van der Waals surface area contributed by atoms with E-state index in [4.69, 9.17) is 21.1 Å². The third-order valence-corrected chi connectivity index (χ3v) is 6.39. The molecular formula is C25H30ClN3O3. The number of ether oxygens (including phenoxy) is 2. The fraction of sp³-hybridized carbons (Fsp3) is 0.480. The van der Waals surface area contributed by atoms with Crippen molar-refractivity contribution in [3.63, 3.8) is 0 Å². The SMILES string of the molecule is Cc1cc(OCCCC2CCN(c3ccc(Cl)cn3)CC2)ccc1C(=O)N=C1CCOC1. The number of halogens is 1. The van der Waals surface area contributed by atoms with E-state index in [0.717, 1.165) is 61.1 Å². The number of aliphatic imine (C=N–C) groups is 1. The van der Waals surface area contributed by atoms with Gasteiger partial charge in [-0.1, -0.05) is 11.6 Å². The Morgan fingerprint density at radius 3 is 2.81 bits per heavy atom. The molecule has 7 heteroatoms. The second-order valence-corrected chi connectivity index (χ2v) is 8.95. The molecule has 0 N–H and O–H groups in total. The molecule has 2 aliphatic heterocycles. The van der Waals surface area contributed by atoms with Gasteiger partial charge in [0, 0.05) is 31.3 Å². The van der Waals surface area contributed by atoms with Crippen LogP contribution in [0.5, 0.6) is 5.75 Å². The van der Waals surface area contributed by atoms with Crippen molar-refractivity contribution in [3.05, 3.63) is 52.7 Å². The van der Waals surface area contributed by atoms with Gasteiger partial charge in [0.25, 0.3) is 5.91 Å². The van der Waals surface area contributed by atoms with Gasteiger partial charge >= 0.3 is 0 Å². The molecule has 170 valence electrons. The van der Waals surface area contributed by atoms with Crippen LogP contribution >= 0.6 is 11.6 Å². The second-order valence-electron chi connectivity index (χ2n) is 8.52. The monoisotopic (exact) mass is 455 g/mol. The Labute approximate surface area is 194 Å². The van der Waals surface area contributed by atoms with E-state index in [-0.39, 0.29) is 5.91 Å². The van der Waals surface area contributed by atoms with Gasteiger partial charge in [-0.2, -0.15) is 0 Å². The predicted molar refractivity (Wildman–Crippen MR) is 127 cm³/mol. The molecule has 0 bridgehead atoms. The number of carbonyl (C=O) groups is 1. The molecule has 0 saturated carbocycles. The van der Waals surface area contributed by atoms with Crippen LogP contribution in [0.4, 0.5) is 5.82 Å². The smallest absolute Gasteiger partial charge is 0.277 e. The lowest BCUT2D eigenvalue weighted by molar-refractivity contribution is 0.100. The van der Waals surface area contributed by atoms with Gasteiger partial charge in [0.15, 0.2) is 0 Å². The zero-order valence-electron chi connectivity index (χ0n) is 18.6. The topological polar surface area (TPSA) is 64.0 Å². The first-order valence-electron chi connectivity index (χ1n) is 11.4. The lowest BCUT2D eigenvalue weighted by Crippen LogP contribution is -2.34. The largest absolute Gasteiger partial charge is 0.494 e. The number of hydrogen-bond acceptors (Lipinski definition) is 5. The zero-order valence-corrected chi connectivity index (χ0v) is 19.3. The van der Waals surface area contributed by atoms with Gasteiger partial charge in [0.2, 0.25) is 0 Å². The summed E-state index contributed by atoms with van der Waals surface area (Å²) < 4.78 is 11.2. The number of aromatic nitrogens is 1. The van der Waals surface area contributed by atoms with Crippen molar-refractivity contribution in [3.8, 4) is 5.75 Å². The lowest BCUT2D eigenvalue weighted by atomic mass is 9.92. The number of benzene rings is 1. The lowest BCUT2D eigenvalue weighted by Gasteiger charge is -2.32. The van der Waals surface area contributed by atoms with Crippen LogP contribution in [-0.2, 0) is 4.74 Å². The summed E-state index contributed by atoms with van der Waals surface area (Å²) in [6.45, 7) is 5.79. The third-order valence-electron chi connectivity index (χ3n) is 6.17.